The third-order valence-electron chi connectivity index (χ3n) is 0.390. The number of hydrogen-bond acceptors (Lipinski definition) is 2. The lowest BCUT2D eigenvalue weighted by molar-refractivity contribution is -0.138. The van der Waals surface area contributed by atoms with Crippen LogP contribution in [0.2, 0.25) is 0 Å². The van der Waals surface area contributed by atoms with E-state index in [1.54, 1.807) is 0 Å². The lowest BCUT2D eigenvalue weighted by atomic mass is 10.1. The van der Waals surface area contributed by atoms with Crippen LogP contribution in [0.4, 0.5) is 0 Å². The molecule has 0 bridgehead atoms. The van der Waals surface area contributed by atoms with Crippen molar-refractivity contribution in [3.05, 3.63) is 0 Å². The first kappa shape index (κ1) is 5.43. The van der Waals surface area contributed by atoms with E-state index in [1.807, 2.05) is 0 Å². The molecule has 3 heteroatoms. The van der Waals surface area contributed by atoms with Gasteiger partial charge in [0, 0.05) is 0 Å². The molecule has 36 valence electrons. The van der Waals surface area contributed by atoms with Crippen molar-refractivity contribution in [2.45, 2.75) is 13.0 Å². The van der Waals surface area contributed by atoms with Gasteiger partial charge in [-0.2, -0.15) is 0 Å². The van der Waals surface area contributed by atoms with Gasteiger partial charge in [-0.15, -0.1) is 0 Å². The predicted octanol–water partition coefficient (Wildman–Crippen LogP) is -0.582. The molecule has 0 heterocycles. The Kier molecular flexibility index (Phi) is 1.60. The van der Waals surface area contributed by atoms with Crippen LogP contribution in [0.5, 0.6) is 0 Å². The van der Waals surface area contributed by atoms with Crippen LogP contribution < -0.4 is 5.73 Å². The van der Waals surface area contributed by atoms with E-state index in [4.69, 9.17) is 10.8 Å². The van der Waals surface area contributed by atoms with Gasteiger partial charge < -0.3 is 10.8 Å². The summed E-state index contributed by atoms with van der Waals surface area (Å²) in [6, 6.07) is -0.731. The van der Waals surface area contributed by atoms with Gasteiger partial charge in [0.05, 0.1) is 0 Å². The first-order valence-corrected chi connectivity index (χ1v) is 1.63. The Balaban J connectivity index is 3.26. The standard InChI is InChI=1S/C3H7NO2/c1-2(4)3(5)6/h2H,4H2,1H3,(H,5,6)/t2-/m0/s1/i1-1. The monoisotopic (exact) mass is 88.1 g/mol. The Morgan fingerprint density at radius 3 is 2.17 bits per heavy atom. The minimum atomic E-state index is -0.963. The van der Waals surface area contributed by atoms with Gasteiger partial charge in [0.15, 0.2) is 0 Å². The molecule has 3 N–H and O–H groups in total. The van der Waals surface area contributed by atoms with Crippen molar-refractivity contribution in [3.8, 4) is 0 Å². The minimum absolute atomic E-state index is 0.731. The summed E-state index contributed by atoms with van der Waals surface area (Å²) in [6.45, 7) is 1.42. The van der Waals surface area contributed by atoms with E-state index in [1.165, 1.54) is 6.92 Å². The predicted molar refractivity (Wildman–Crippen MR) is 21.3 cm³/mol. The zero-order valence-electron chi connectivity index (χ0n) is 3.51. The van der Waals surface area contributed by atoms with Crippen LogP contribution >= 0.6 is 0 Å². The minimum Gasteiger partial charge on any atom is -0.480 e. The SMILES string of the molecule is [11CH3][C@H](N)C(=O)O. The van der Waals surface area contributed by atoms with Crippen molar-refractivity contribution in [1.29, 1.82) is 0 Å². The molecule has 0 aromatic carbocycles. The summed E-state index contributed by atoms with van der Waals surface area (Å²) in [7, 11) is 0. The Morgan fingerprint density at radius 2 is 2.17 bits per heavy atom. The van der Waals surface area contributed by atoms with Gasteiger partial charge in [0.2, 0.25) is 0 Å². The fourth-order valence-corrected chi connectivity index (χ4v) is 0. The third kappa shape index (κ3) is 1.72. The highest BCUT2D eigenvalue weighted by Crippen LogP contribution is 1.68. The number of carboxylic acid groups (broad SMARTS) is 1. The smallest absolute Gasteiger partial charge is 0.320 e. The molecule has 0 aliphatic rings. The number of rotatable bonds is 1. The molecular formula is C3H7NO2. The van der Waals surface area contributed by atoms with Gasteiger partial charge in [0.1, 0.15) is 6.04 Å². The molecule has 0 aliphatic carbocycles. The lowest BCUT2D eigenvalue weighted by Gasteiger charge is -1.90. The van der Waals surface area contributed by atoms with Gasteiger partial charge >= 0.3 is 5.97 Å². The summed E-state index contributed by atoms with van der Waals surface area (Å²) in [6.07, 6.45) is 0. The van der Waals surface area contributed by atoms with E-state index in [-0.39, 0.29) is 0 Å². The zero-order valence-corrected chi connectivity index (χ0v) is 3.51. The molecule has 0 fully saturated rings. The maximum Gasteiger partial charge on any atom is 0.320 e. The Morgan fingerprint density at radius 1 is 2.00 bits per heavy atom. The summed E-state index contributed by atoms with van der Waals surface area (Å²) in [4.78, 5) is 9.57. The Bertz CT molecular complexity index is 59.8. The second-order valence-corrected chi connectivity index (χ2v) is 1.13. The molecule has 0 aliphatic heterocycles. The van der Waals surface area contributed by atoms with Crippen LogP contribution in [0, 0.1) is 0 Å². The van der Waals surface area contributed by atoms with Gasteiger partial charge in [-0.05, 0) is 6.92 Å². The number of nitrogens with two attached hydrogens (primary N) is 1. The van der Waals surface area contributed by atoms with E-state index in [0.29, 0.717) is 0 Å². The fraction of sp³-hybridized carbons (Fsp3) is 0.667. The first-order chi connectivity index (χ1) is 2.64. The van der Waals surface area contributed by atoms with Crippen LogP contribution in [0.1, 0.15) is 6.92 Å². The molecule has 0 spiro atoms. The molecule has 3 nitrogen and oxygen atoms in total. The molecule has 0 unspecified atom stereocenters. The molecule has 0 radical (unpaired) electrons. The van der Waals surface area contributed by atoms with Crippen molar-refractivity contribution in [2.75, 3.05) is 0 Å². The first-order valence-electron chi connectivity index (χ1n) is 1.63. The summed E-state index contributed by atoms with van der Waals surface area (Å²) in [5.41, 5.74) is 4.84. The highest BCUT2D eigenvalue weighted by atomic mass is 16.4. The normalized spacial score (nSPS) is 13.7. The van der Waals surface area contributed by atoms with E-state index in [9.17, 15) is 4.79 Å². The average Bonchev–Trinajstić information content (AvgIpc) is 1.36. The highest BCUT2D eigenvalue weighted by molar-refractivity contribution is 5.72. The number of hydrogen-bond donors (Lipinski definition) is 2. The van der Waals surface area contributed by atoms with Crippen molar-refractivity contribution in [1.82, 2.24) is 0 Å². The zero-order chi connectivity index (χ0) is 5.15. The highest BCUT2D eigenvalue weighted by Gasteiger charge is 1.99. The largest absolute Gasteiger partial charge is 0.480 e. The van der Waals surface area contributed by atoms with Crippen molar-refractivity contribution in [2.24, 2.45) is 5.73 Å². The Hall–Kier alpha value is -0.570. The number of carbonyl (C=O) groups is 1. The van der Waals surface area contributed by atoms with E-state index < -0.39 is 12.0 Å². The number of aliphatic carboxylic acids is 1. The molecule has 0 saturated carbocycles. The summed E-state index contributed by atoms with van der Waals surface area (Å²) < 4.78 is 0. The van der Waals surface area contributed by atoms with Crippen molar-refractivity contribution in [3.63, 3.8) is 0 Å². The van der Waals surface area contributed by atoms with Gasteiger partial charge in [-0.1, -0.05) is 0 Å². The van der Waals surface area contributed by atoms with Crippen LogP contribution in [0.25, 0.3) is 0 Å². The number of carboxylic acids is 1. The second-order valence-electron chi connectivity index (χ2n) is 1.13. The molecular weight excluding hydrogens is 81.0 g/mol. The van der Waals surface area contributed by atoms with Crippen LogP contribution in [-0.2, 0) is 4.79 Å². The van der Waals surface area contributed by atoms with Gasteiger partial charge in [-0.3, -0.25) is 4.79 Å². The third-order valence-corrected chi connectivity index (χ3v) is 0.390. The molecule has 0 aromatic heterocycles. The summed E-state index contributed by atoms with van der Waals surface area (Å²) in [5.74, 6) is -0.963. The second kappa shape index (κ2) is 1.77. The van der Waals surface area contributed by atoms with Gasteiger partial charge in [-0.25, -0.2) is 0 Å². The van der Waals surface area contributed by atoms with Gasteiger partial charge in [0.25, 0.3) is 0 Å². The quantitative estimate of drug-likeness (QED) is 0.450. The average molecular weight is 88.1 g/mol. The maximum atomic E-state index is 9.57. The molecule has 0 aromatic rings. The van der Waals surface area contributed by atoms with E-state index >= 15 is 0 Å². The Labute approximate surface area is 35.8 Å². The molecule has 0 saturated heterocycles. The van der Waals surface area contributed by atoms with Crippen LogP contribution in [-0.4, -0.2) is 17.1 Å². The molecule has 1 atom stereocenters. The summed E-state index contributed by atoms with van der Waals surface area (Å²) >= 11 is 0. The van der Waals surface area contributed by atoms with Crippen LogP contribution in [0.3, 0.4) is 0 Å². The maximum absolute atomic E-state index is 9.57. The van der Waals surface area contributed by atoms with E-state index in [2.05, 4.69) is 0 Å². The van der Waals surface area contributed by atoms with Crippen LogP contribution in [0.15, 0.2) is 0 Å². The fourth-order valence-electron chi connectivity index (χ4n) is 0. The molecule has 0 amide bonds. The van der Waals surface area contributed by atoms with E-state index in [0.717, 1.165) is 0 Å². The van der Waals surface area contributed by atoms with Crippen molar-refractivity contribution >= 4 is 5.97 Å². The lowest BCUT2D eigenvalue weighted by Crippen LogP contribution is -2.25. The summed E-state index contributed by atoms with van der Waals surface area (Å²) in [5, 5.41) is 7.87. The molecule has 0 rings (SSSR count). The van der Waals surface area contributed by atoms with Crippen molar-refractivity contribution < 1.29 is 9.90 Å². The molecule has 6 heavy (non-hydrogen) atoms. The topological polar surface area (TPSA) is 63.3 Å².